The van der Waals surface area contributed by atoms with E-state index in [1.54, 1.807) is 30.5 Å². The summed E-state index contributed by atoms with van der Waals surface area (Å²) in [6.45, 7) is 1.73. The molecule has 3 nitrogen and oxygen atoms in total. The number of aromatic nitrogens is 1. The molecular formula is C17H18F3N3. The van der Waals surface area contributed by atoms with Gasteiger partial charge in [0, 0.05) is 19.3 Å². The molecule has 122 valence electrons. The third-order valence-electron chi connectivity index (χ3n) is 3.95. The maximum Gasteiger partial charge on any atom is 0.416 e. The molecule has 0 atom stereocenters. The molecule has 1 aromatic heterocycles. The van der Waals surface area contributed by atoms with Crippen molar-refractivity contribution in [2.45, 2.75) is 25.4 Å². The minimum atomic E-state index is -4.36. The van der Waals surface area contributed by atoms with Gasteiger partial charge in [0.25, 0.3) is 0 Å². The van der Waals surface area contributed by atoms with Crippen LogP contribution in [0.15, 0.2) is 42.6 Å². The van der Waals surface area contributed by atoms with Crippen LogP contribution in [0.2, 0.25) is 0 Å². The second kappa shape index (κ2) is 6.48. The van der Waals surface area contributed by atoms with E-state index < -0.39 is 11.7 Å². The van der Waals surface area contributed by atoms with Crippen molar-refractivity contribution in [1.82, 2.24) is 4.98 Å². The van der Waals surface area contributed by atoms with Crippen LogP contribution in [-0.2, 0) is 6.18 Å². The second-order valence-electron chi connectivity index (χ2n) is 5.62. The predicted octanol–water partition coefficient (Wildman–Crippen LogP) is 4.83. The minimum absolute atomic E-state index is 0.445. The van der Waals surface area contributed by atoms with E-state index in [2.05, 4.69) is 15.2 Å². The highest BCUT2D eigenvalue weighted by atomic mass is 19.4. The summed E-state index contributed by atoms with van der Waals surface area (Å²) in [5, 5.41) is 3.03. The lowest BCUT2D eigenvalue weighted by molar-refractivity contribution is -0.137. The molecule has 6 heteroatoms. The Balaban J connectivity index is 1.97. The fourth-order valence-corrected chi connectivity index (χ4v) is 2.80. The third kappa shape index (κ3) is 3.75. The van der Waals surface area contributed by atoms with Gasteiger partial charge in [-0.2, -0.15) is 13.2 Å². The van der Waals surface area contributed by atoms with E-state index >= 15 is 0 Å². The van der Waals surface area contributed by atoms with Gasteiger partial charge in [-0.3, -0.25) is 0 Å². The molecule has 23 heavy (non-hydrogen) atoms. The number of hydrogen-bond donors (Lipinski definition) is 1. The number of nitrogens with one attached hydrogen (secondary N) is 1. The van der Waals surface area contributed by atoms with Crippen LogP contribution in [0.4, 0.5) is 30.4 Å². The standard InChI is InChI=1S/C17H18F3N3/c18-17(19,20)13-7-8-15(23-10-4-1-5-11-23)14(12-13)22-16-6-2-3-9-21-16/h2-3,6-9,12H,1,4-5,10-11H2,(H,21,22). The number of rotatable bonds is 3. The summed E-state index contributed by atoms with van der Waals surface area (Å²) in [5.74, 6) is 0.532. The van der Waals surface area contributed by atoms with E-state index in [9.17, 15) is 13.2 Å². The molecule has 1 aliphatic heterocycles. The van der Waals surface area contributed by atoms with Gasteiger partial charge in [0.05, 0.1) is 16.9 Å². The van der Waals surface area contributed by atoms with Crippen LogP contribution in [0.1, 0.15) is 24.8 Å². The van der Waals surface area contributed by atoms with E-state index in [4.69, 9.17) is 0 Å². The average Bonchev–Trinajstić information content (AvgIpc) is 2.56. The number of halogens is 3. The fourth-order valence-electron chi connectivity index (χ4n) is 2.80. The van der Waals surface area contributed by atoms with Crippen molar-refractivity contribution < 1.29 is 13.2 Å². The first-order chi connectivity index (χ1) is 11.0. The molecule has 0 saturated carbocycles. The quantitative estimate of drug-likeness (QED) is 0.877. The van der Waals surface area contributed by atoms with Gasteiger partial charge < -0.3 is 10.2 Å². The Hall–Kier alpha value is -2.24. The molecule has 1 N–H and O–H groups in total. The first kappa shape index (κ1) is 15.6. The van der Waals surface area contributed by atoms with Crippen LogP contribution < -0.4 is 10.2 Å². The van der Waals surface area contributed by atoms with Crippen molar-refractivity contribution in [1.29, 1.82) is 0 Å². The topological polar surface area (TPSA) is 28.2 Å². The number of benzene rings is 1. The van der Waals surface area contributed by atoms with Gasteiger partial charge in [0.15, 0.2) is 0 Å². The number of piperidine rings is 1. The predicted molar refractivity (Wildman–Crippen MR) is 85.0 cm³/mol. The second-order valence-corrected chi connectivity index (χ2v) is 5.62. The molecule has 0 bridgehead atoms. The lowest BCUT2D eigenvalue weighted by Crippen LogP contribution is -2.30. The summed E-state index contributed by atoms with van der Waals surface area (Å²) in [5.41, 5.74) is 0.584. The van der Waals surface area contributed by atoms with Crippen LogP contribution in [0.3, 0.4) is 0 Å². The highest BCUT2D eigenvalue weighted by molar-refractivity contribution is 5.75. The Morgan fingerprint density at radius 2 is 1.78 bits per heavy atom. The van der Waals surface area contributed by atoms with Crippen molar-refractivity contribution in [3.8, 4) is 0 Å². The molecule has 1 aromatic carbocycles. The summed E-state index contributed by atoms with van der Waals surface area (Å²) in [6.07, 6.45) is 0.533. The monoisotopic (exact) mass is 321 g/mol. The zero-order valence-electron chi connectivity index (χ0n) is 12.6. The largest absolute Gasteiger partial charge is 0.416 e. The van der Waals surface area contributed by atoms with Crippen molar-refractivity contribution in [3.63, 3.8) is 0 Å². The van der Waals surface area contributed by atoms with Crippen molar-refractivity contribution in [3.05, 3.63) is 48.2 Å². The first-order valence-electron chi connectivity index (χ1n) is 7.68. The Bertz CT molecular complexity index is 650. The summed E-state index contributed by atoms with van der Waals surface area (Å²) >= 11 is 0. The van der Waals surface area contributed by atoms with Gasteiger partial charge in [-0.05, 0) is 49.6 Å². The molecule has 1 aliphatic rings. The highest BCUT2D eigenvalue weighted by Gasteiger charge is 2.31. The Kier molecular flexibility index (Phi) is 4.41. The van der Waals surface area contributed by atoms with E-state index in [0.717, 1.165) is 37.7 Å². The smallest absolute Gasteiger partial charge is 0.370 e. The average molecular weight is 321 g/mol. The number of hydrogen-bond acceptors (Lipinski definition) is 3. The van der Waals surface area contributed by atoms with Crippen molar-refractivity contribution in [2.24, 2.45) is 0 Å². The van der Waals surface area contributed by atoms with E-state index in [1.807, 2.05) is 0 Å². The number of nitrogens with zero attached hydrogens (tertiary/aromatic N) is 2. The molecule has 0 amide bonds. The zero-order chi connectivity index (χ0) is 16.3. The van der Waals surface area contributed by atoms with Gasteiger partial charge in [0.2, 0.25) is 0 Å². The Morgan fingerprint density at radius 1 is 1.00 bits per heavy atom. The summed E-state index contributed by atoms with van der Waals surface area (Å²) in [6, 6.07) is 9.16. The minimum Gasteiger partial charge on any atom is -0.370 e. The molecule has 3 rings (SSSR count). The summed E-state index contributed by atoms with van der Waals surface area (Å²) in [4.78, 5) is 6.28. The van der Waals surface area contributed by atoms with E-state index in [-0.39, 0.29) is 0 Å². The van der Waals surface area contributed by atoms with Gasteiger partial charge in [0.1, 0.15) is 5.82 Å². The highest BCUT2D eigenvalue weighted by Crippen LogP contribution is 2.37. The van der Waals surface area contributed by atoms with Crippen LogP contribution in [0, 0.1) is 0 Å². The van der Waals surface area contributed by atoms with E-state index in [0.29, 0.717) is 11.5 Å². The lowest BCUT2D eigenvalue weighted by Gasteiger charge is -2.31. The molecule has 0 radical (unpaired) electrons. The number of alkyl halides is 3. The van der Waals surface area contributed by atoms with Crippen LogP contribution in [0.25, 0.3) is 0 Å². The molecular weight excluding hydrogens is 303 g/mol. The number of anilines is 3. The first-order valence-corrected chi connectivity index (χ1v) is 7.68. The van der Waals surface area contributed by atoms with Gasteiger partial charge >= 0.3 is 6.18 Å². The maximum atomic E-state index is 13.0. The van der Waals surface area contributed by atoms with Crippen LogP contribution in [0.5, 0.6) is 0 Å². The fraction of sp³-hybridized carbons (Fsp3) is 0.353. The lowest BCUT2D eigenvalue weighted by atomic mass is 10.1. The van der Waals surface area contributed by atoms with E-state index in [1.165, 1.54) is 12.5 Å². The molecule has 0 unspecified atom stereocenters. The molecule has 0 aliphatic carbocycles. The Labute approximate surface area is 133 Å². The van der Waals surface area contributed by atoms with Crippen molar-refractivity contribution in [2.75, 3.05) is 23.3 Å². The van der Waals surface area contributed by atoms with Gasteiger partial charge in [-0.15, -0.1) is 0 Å². The number of pyridine rings is 1. The normalized spacial score (nSPS) is 15.5. The zero-order valence-corrected chi connectivity index (χ0v) is 12.6. The third-order valence-corrected chi connectivity index (χ3v) is 3.95. The summed E-state index contributed by atoms with van der Waals surface area (Å²) in [7, 11) is 0. The maximum absolute atomic E-state index is 13.0. The molecule has 2 heterocycles. The van der Waals surface area contributed by atoms with Crippen LogP contribution >= 0.6 is 0 Å². The van der Waals surface area contributed by atoms with Crippen molar-refractivity contribution >= 4 is 17.2 Å². The molecule has 0 spiro atoms. The molecule has 1 saturated heterocycles. The SMILES string of the molecule is FC(F)(F)c1ccc(N2CCCCC2)c(Nc2ccccn2)c1. The van der Waals surface area contributed by atoms with Crippen LogP contribution in [-0.4, -0.2) is 18.1 Å². The molecule has 1 fully saturated rings. The molecule has 2 aromatic rings. The summed E-state index contributed by atoms with van der Waals surface area (Å²) < 4.78 is 39.1. The Morgan fingerprint density at radius 3 is 2.43 bits per heavy atom. The van der Waals surface area contributed by atoms with Gasteiger partial charge in [-0.1, -0.05) is 6.07 Å². The van der Waals surface area contributed by atoms with Gasteiger partial charge in [-0.25, -0.2) is 4.98 Å².